The van der Waals surface area contributed by atoms with E-state index in [0.29, 0.717) is 12.0 Å². The Morgan fingerprint density at radius 2 is 1.38 bits per heavy atom. The number of nitrogens with zero attached hydrogens (tertiary/aromatic N) is 1. The molecule has 0 radical (unpaired) electrons. The van der Waals surface area contributed by atoms with Crippen LogP contribution in [0.3, 0.4) is 0 Å². The van der Waals surface area contributed by atoms with E-state index >= 15 is 0 Å². The number of carbonyl (C=O) groups excluding carboxylic acids is 2. The van der Waals surface area contributed by atoms with Crippen LogP contribution in [0.1, 0.15) is 24.5 Å². The second-order valence-corrected chi connectivity index (χ2v) is 5.42. The van der Waals surface area contributed by atoms with E-state index < -0.39 is 5.97 Å². The van der Waals surface area contributed by atoms with Gasteiger partial charge in [0.2, 0.25) is 0 Å². The predicted octanol–water partition coefficient (Wildman–Crippen LogP) is 3.51. The molecule has 2 rings (SSSR count). The molecule has 0 saturated carbocycles. The van der Waals surface area contributed by atoms with Crippen molar-refractivity contribution in [3.63, 3.8) is 0 Å². The monoisotopic (exact) mass is 349 g/mol. The second-order valence-electron chi connectivity index (χ2n) is 5.42. The fraction of sp³-hybridized carbons (Fsp3) is 0.190. The summed E-state index contributed by atoms with van der Waals surface area (Å²) in [7, 11) is 0. The Morgan fingerprint density at radius 3 is 1.85 bits per heavy atom. The zero-order valence-electron chi connectivity index (χ0n) is 14.5. The molecule has 26 heavy (non-hydrogen) atoms. The Labute approximate surface area is 152 Å². The van der Waals surface area contributed by atoms with Crippen molar-refractivity contribution >= 4 is 17.5 Å². The molecule has 0 atom stereocenters. The molecular weight excluding hydrogens is 330 g/mol. The molecule has 5 nitrogen and oxygen atoms in total. The number of ether oxygens (including phenoxy) is 2. The average molecular weight is 349 g/mol. The van der Waals surface area contributed by atoms with Crippen LogP contribution >= 0.6 is 0 Å². The third-order valence-electron chi connectivity index (χ3n) is 3.52. The molecule has 0 N–H and O–H groups in total. The van der Waals surface area contributed by atoms with Crippen LogP contribution in [0.2, 0.25) is 0 Å². The van der Waals surface area contributed by atoms with Gasteiger partial charge in [-0.3, -0.25) is 4.79 Å². The van der Waals surface area contributed by atoms with Crippen LogP contribution in [-0.4, -0.2) is 25.2 Å². The molecule has 2 aromatic carbocycles. The maximum atomic E-state index is 12.4. The molecule has 0 fully saturated rings. The van der Waals surface area contributed by atoms with E-state index in [1.54, 1.807) is 0 Å². The molecule has 0 spiro atoms. The maximum Gasteiger partial charge on any atom is 0.349 e. The van der Waals surface area contributed by atoms with Gasteiger partial charge in [-0.05, 0) is 11.1 Å². The van der Waals surface area contributed by atoms with Gasteiger partial charge in [-0.1, -0.05) is 60.7 Å². The lowest BCUT2D eigenvalue weighted by atomic mass is 9.93. The fourth-order valence-electron chi connectivity index (χ4n) is 2.38. The fourth-order valence-corrected chi connectivity index (χ4v) is 2.38. The maximum absolute atomic E-state index is 12.4. The first kappa shape index (κ1) is 18.9. The highest BCUT2D eigenvalue weighted by Gasteiger charge is 2.19. The molecule has 2 aromatic rings. The molecule has 0 unspecified atom stereocenters. The molecule has 0 amide bonds. The zero-order chi connectivity index (χ0) is 18.8. The third-order valence-corrected chi connectivity index (χ3v) is 3.52. The number of carbonyl (C=O) groups is 2. The molecule has 0 aliphatic heterocycles. The summed E-state index contributed by atoms with van der Waals surface area (Å²) in [6.07, 6.45) is 0.371. The van der Waals surface area contributed by atoms with Crippen LogP contribution in [0.5, 0.6) is 0 Å². The highest BCUT2D eigenvalue weighted by atomic mass is 16.5. The minimum Gasteiger partial charge on any atom is -0.466 e. The molecule has 0 bridgehead atoms. The van der Waals surface area contributed by atoms with Gasteiger partial charge in [0.1, 0.15) is 11.6 Å². The van der Waals surface area contributed by atoms with Gasteiger partial charge in [0.05, 0.1) is 13.2 Å². The summed E-state index contributed by atoms with van der Waals surface area (Å²) in [5.41, 5.74) is 1.98. The summed E-state index contributed by atoms with van der Waals surface area (Å²) in [4.78, 5) is 23.2. The zero-order valence-corrected chi connectivity index (χ0v) is 14.5. The summed E-state index contributed by atoms with van der Waals surface area (Å²) in [5.74, 6) is -1.08. The standard InChI is InChI=1S/C21H19NO4/c1-16(23)25-13-8-14-26-21(24)19(15-22)20(17-9-4-2-5-10-17)18-11-6-3-7-12-18/h2-7,9-12H,8,13-14H2,1H3. The lowest BCUT2D eigenvalue weighted by Crippen LogP contribution is -2.12. The van der Waals surface area contributed by atoms with E-state index in [0.717, 1.165) is 11.1 Å². The summed E-state index contributed by atoms with van der Waals surface area (Å²) in [6, 6.07) is 20.5. The van der Waals surface area contributed by atoms with Crippen molar-refractivity contribution in [1.82, 2.24) is 0 Å². The van der Waals surface area contributed by atoms with Crippen LogP contribution in [0, 0.1) is 11.3 Å². The average Bonchev–Trinajstić information content (AvgIpc) is 2.66. The summed E-state index contributed by atoms with van der Waals surface area (Å²) in [5, 5.41) is 9.59. The van der Waals surface area contributed by atoms with E-state index in [2.05, 4.69) is 0 Å². The molecule has 132 valence electrons. The lowest BCUT2D eigenvalue weighted by molar-refractivity contribution is -0.142. The number of hydrogen-bond donors (Lipinski definition) is 0. The van der Waals surface area contributed by atoms with Gasteiger partial charge in [0.25, 0.3) is 0 Å². The minimum atomic E-state index is -0.696. The Bertz CT molecular complexity index is 779. The summed E-state index contributed by atoms with van der Waals surface area (Å²) in [6.45, 7) is 1.54. The van der Waals surface area contributed by atoms with Crippen molar-refractivity contribution < 1.29 is 19.1 Å². The van der Waals surface area contributed by atoms with Gasteiger partial charge < -0.3 is 9.47 Å². The smallest absolute Gasteiger partial charge is 0.349 e. The van der Waals surface area contributed by atoms with E-state index in [1.807, 2.05) is 66.7 Å². The van der Waals surface area contributed by atoms with Crippen LogP contribution in [0.15, 0.2) is 66.2 Å². The van der Waals surface area contributed by atoms with E-state index in [1.165, 1.54) is 6.92 Å². The normalized spacial score (nSPS) is 9.69. The Hall–Kier alpha value is -3.39. The van der Waals surface area contributed by atoms with Gasteiger partial charge in [-0.25, -0.2) is 4.79 Å². The molecule has 0 saturated heterocycles. The number of rotatable bonds is 7. The Balaban J connectivity index is 2.26. The Kier molecular flexibility index (Phi) is 7.14. The highest BCUT2D eigenvalue weighted by molar-refractivity contribution is 6.05. The molecular formula is C21H19NO4. The van der Waals surface area contributed by atoms with E-state index in [-0.39, 0.29) is 24.8 Å². The molecule has 5 heteroatoms. The predicted molar refractivity (Wildman–Crippen MR) is 96.7 cm³/mol. The summed E-state index contributed by atoms with van der Waals surface area (Å²) >= 11 is 0. The summed E-state index contributed by atoms with van der Waals surface area (Å²) < 4.78 is 9.98. The van der Waals surface area contributed by atoms with Crippen LogP contribution in [-0.2, 0) is 19.1 Å². The van der Waals surface area contributed by atoms with Crippen molar-refractivity contribution in [1.29, 1.82) is 5.26 Å². The molecule has 0 heterocycles. The van der Waals surface area contributed by atoms with Gasteiger partial charge >= 0.3 is 11.9 Å². The van der Waals surface area contributed by atoms with Crippen molar-refractivity contribution in [3.05, 3.63) is 77.4 Å². The van der Waals surface area contributed by atoms with Crippen LogP contribution < -0.4 is 0 Å². The van der Waals surface area contributed by atoms with Crippen molar-refractivity contribution in [2.45, 2.75) is 13.3 Å². The third kappa shape index (κ3) is 5.32. The van der Waals surface area contributed by atoms with Gasteiger partial charge in [-0.15, -0.1) is 0 Å². The number of nitriles is 1. The topological polar surface area (TPSA) is 76.4 Å². The molecule has 0 aromatic heterocycles. The van der Waals surface area contributed by atoms with Crippen molar-refractivity contribution in [3.8, 4) is 6.07 Å². The first-order chi connectivity index (χ1) is 12.6. The van der Waals surface area contributed by atoms with E-state index in [4.69, 9.17) is 9.47 Å². The van der Waals surface area contributed by atoms with Crippen LogP contribution in [0.25, 0.3) is 5.57 Å². The first-order valence-electron chi connectivity index (χ1n) is 8.19. The van der Waals surface area contributed by atoms with Gasteiger partial charge in [-0.2, -0.15) is 5.26 Å². The van der Waals surface area contributed by atoms with E-state index in [9.17, 15) is 14.9 Å². The molecule has 0 aliphatic rings. The van der Waals surface area contributed by atoms with Crippen molar-refractivity contribution in [2.24, 2.45) is 0 Å². The van der Waals surface area contributed by atoms with Gasteiger partial charge in [0, 0.05) is 18.9 Å². The quantitative estimate of drug-likeness (QED) is 0.331. The first-order valence-corrected chi connectivity index (χ1v) is 8.19. The van der Waals surface area contributed by atoms with Crippen LogP contribution in [0.4, 0.5) is 0 Å². The SMILES string of the molecule is CC(=O)OCCCOC(=O)C(C#N)=C(c1ccccc1)c1ccccc1. The largest absolute Gasteiger partial charge is 0.466 e. The second kappa shape index (κ2) is 9.80. The minimum absolute atomic E-state index is 0.0603. The number of benzene rings is 2. The highest BCUT2D eigenvalue weighted by Crippen LogP contribution is 2.27. The molecule has 0 aliphatic carbocycles. The van der Waals surface area contributed by atoms with Crippen molar-refractivity contribution in [2.75, 3.05) is 13.2 Å². The number of esters is 2. The lowest BCUT2D eigenvalue weighted by Gasteiger charge is -2.12. The number of hydrogen-bond acceptors (Lipinski definition) is 5. The van der Waals surface area contributed by atoms with Gasteiger partial charge in [0.15, 0.2) is 0 Å². The Morgan fingerprint density at radius 1 is 0.885 bits per heavy atom.